The van der Waals surface area contributed by atoms with Crippen molar-refractivity contribution in [1.29, 1.82) is 0 Å². The highest BCUT2D eigenvalue weighted by Crippen LogP contribution is 2.32. The van der Waals surface area contributed by atoms with Crippen LogP contribution in [0.4, 0.5) is 5.69 Å². The molecule has 0 saturated heterocycles. The largest absolute Gasteiger partial charge is 0.335 e. The van der Waals surface area contributed by atoms with Gasteiger partial charge in [0.2, 0.25) is 11.8 Å². The van der Waals surface area contributed by atoms with Crippen LogP contribution in [0.2, 0.25) is 0 Å². The fourth-order valence-corrected chi connectivity index (χ4v) is 3.03. The van der Waals surface area contributed by atoms with E-state index >= 15 is 0 Å². The van der Waals surface area contributed by atoms with Crippen LogP contribution in [0.1, 0.15) is 37.9 Å². The molecule has 2 N–H and O–H groups in total. The van der Waals surface area contributed by atoms with Gasteiger partial charge in [0.1, 0.15) is 0 Å². The van der Waals surface area contributed by atoms with Gasteiger partial charge in [-0.2, -0.15) is 0 Å². The SMILES string of the molecule is Cc1ccc(NC(=O)CN(C)C(=O)CNC(c2ccccc2)C(C)(C)C)cc1. The minimum absolute atomic E-state index is 0.0138. The molecule has 0 aliphatic rings. The summed E-state index contributed by atoms with van der Waals surface area (Å²) in [5.41, 5.74) is 2.94. The maximum absolute atomic E-state index is 12.5. The first-order chi connectivity index (χ1) is 13.2. The van der Waals surface area contributed by atoms with Crippen LogP contribution in [0.5, 0.6) is 0 Å². The third kappa shape index (κ3) is 6.50. The Morgan fingerprint density at radius 1 is 1.00 bits per heavy atom. The first kappa shape index (κ1) is 21.6. The van der Waals surface area contributed by atoms with E-state index in [9.17, 15) is 9.59 Å². The minimum Gasteiger partial charge on any atom is -0.335 e. The zero-order valence-electron chi connectivity index (χ0n) is 17.5. The summed E-state index contributed by atoms with van der Waals surface area (Å²) in [6.45, 7) is 8.60. The summed E-state index contributed by atoms with van der Waals surface area (Å²) >= 11 is 0. The molecule has 1 unspecified atom stereocenters. The molecule has 2 aromatic carbocycles. The van der Waals surface area contributed by atoms with Gasteiger partial charge in [-0.05, 0) is 30.0 Å². The molecule has 0 aliphatic carbocycles. The number of carbonyl (C=O) groups is 2. The van der Waals surface area contributed by atoms with Crippen molar-refractivity contribution in [2.45, 2.75) is 33.7 Å². The lowest BCUT2D eigenvalue weighted by molar-refractivity contribution is -0.132. The van der Waals surface area contributed by atoms with Gasteiger partial charge in [0.05, 0.1) is 13.1 Å². The van der Waals surface area contributed by atoms with Gasteiger partial charge in [-0.15, -0.1) is 0 Å². The van der Waals surface area contributed by atoms with Crippen molar-refractivity contribution in [3.05, 3.63) is 65.7 Å². The van der Waals surface area contributed by atoms with E-state index in [1.165, 1.54) is 4.90 Å². The molecule has 1 atom stereocenters. The zero-order valence-corrected chi connectivity index (χ0v) is 17.5. The summed E-state index contributed by atoms with van der Waals surface area (Å²) in [6, 6.07) is 17.7. The molecule has 0 radical (unpaired) electrons. The Morgan fingerprint density at radius 2 is 1.61 bits per heavy atom. The lowest BCUT2D eigenvalue weighted by atomic mass is 9.82. The molecular formula is C23H31N3O2. The Bertz CT molecular complexity index is 780. The summed E-state index contributed by atoms with van der Waals surface area (Å²) in [5, 5.41) is 6.18. The number of hydrogen-bond acceptors (Lipinski definition) is 3. The molecule has 28 heavy (non-hydrogen) atoms. The lowest BCUT2D eigenvalue weighted by Gasteiger charge is -2.32. The monoisotopic (exact) mass is 381 g/mol. The van der Waals surface area contributed by atoms with E-state index in [1.807, 2.05) is 49.4 Å². The van der Waals surface area contributed by atoms with Crippen LogP contribution >= 0.6 is 0 Å². The first-order valence-corrected chi connectivity index (χ1v) is 9.55. The van der Waals surface area contributed by atoms with Gasteiger partial charge in [-0.1, -0.05) is 68.8 Å². The number of nitrogens with zero attached hydrogens (tertiary/aromatic N) is 1. The Labute approximate surface area is 168 Å². The highest BCUT2D eigenvalue weighted by molar-refractivity contribution is 5.94. The van der Waals surface area contributed by atoms with Crippen molar-refractivity contribution < 1.29 is 9.59 Å². The van der Waals surface area contributed by atoms with Crippen molar-refractivity contribution in [3.63, 3.8) is 0 Å². The minimum atomic E-state index is -0.213. The smallest absolute Gasteiger partial charge is 0.243 e. The van der Waals surface area contributed by atoms with Crippen LogP contribution in [0.3, 0.4) is 0 Å². The van der Waals surface area contributed by atoms with Crippen LogP contribution in [0.25, 0.3) is 0 Å². The molecule has 2 amide bonds. The second-order valence-electron chi connectivity index (χ2n) is 8.25. The number of benzene rings is 2. The second-order valence-corrected chi connectivity index (χ2v) is 8.25. The summed E-state index contributed by atoms with van der Waals surface area (Å²) in [4.78, 5) is 26.2. The quantitative estimate of drug-likeness (QED) is 0.767. The average molecular weight is 382 g/mol. The predicted molar refractivity (Wildman–Crippen MR) is 114 cm³/mol. The number of rotatable bonds is 7. The number of aryl methyl sites for hydroxylation is 1. The third-order valence-electron chi connectivity index (χ3n) is 4.60. The van der Waals surface area contributed by atoms with Crippen LogP contribution in [0.15, 0.2) is 54.6 Å². The van der Waals surface area contributed by atoms with Crippen molar-refractivity contribution >= 4 is 17.5 Å². The lowest BCUT2D eigenvalue weighted by Crippen LogP contribution is -2.43. The van der Waals surface area contributed by atoms with Crippen molar-refractivity contribution in [2.24, 2.45) is 5.41 Å². The van der Waals surface area contributed by atoms with Crippen molar-refractivity contribution in [3.8, 4) is 0 Å². The van der Waals surface area contributed by atoms with Gasteiger partial charge in [0.25, 0.3) is 0 Å². The van der Waals surface area contributed by atoms with E-state index in [2.05, 4.69) is 43.5 Å². The van der Waals surface area contributed by atoms with E-state index < -0.39 is 0 Å². The van der Waals surface area contributed by atoms with Crippen molar-refractivity contribution in [1.82, 2.24) is 10.2 Å². The molecule has 150 valence electrons. The van der Waals surface area contributed by atoms with Gasteiger partial charge in [0, 0.05) is 18.8 Å². The summed E-state index contributed by atoms with van der Waals surface area (Å²) in [6.07, 6.45) is 0. The zero-order chi connectivity index (χ0) is 20.7. The van der Waals surface area contributed by atoms with E-state index in [-0.39, 0.29) is 36.4 Å². The third-order valence-corrected chi connectivity index (χ3v) is 4.60. The van der Waals surface area contributed by atoms with Gasteiger partial charge in [-0.25, -0.2) is 0 Å². The Morgan fingerprint density at radius 3 is 2.18 bits per heavy atom. The topological polar surface area (TPSA) is 61.4 Å². The van der Waals surface area contributed by atoms with Crippen LogP contribution < -0.4 is 10.6 Å². The average Bonchev–Trinajstić information content (AvgIpc) is 2.63. The Hall–Kier alpha value is -2.66. The second kappa shape index (κ2) is 9.51. The number of amides is 2. The molecule has 2 aromatic rings. The van der Waals surface area contributed by atoms with Gasteiger partial charge in [0.15, 0.2) is 0 Å². The van der Waals surface area contributed by atoms with Gasteiger partial charge < -0.3 is 15.5 Å². The number of hydrogen-bond donors (Lipinski definition) is 2. The fourth-order valence-electron chi connectivity index (χ4n) is 3.03. The molecular weight excluding hydrogens is 350 g/mol. The van der Waals surface area contributed by atoms with Crippen LogP contribution in [-0.4, -0.2) is 36.9 Å². The number of carbonyl (C=O) groups excluding carboxylic acids is 2. The Kier molecular flexibility index (Phi) is 7.35. The number of nitrogens with one attached hydrogen (secondary N) is 2. The van der Waals surface area contributed by atoms with E-state index in [4.69, 9.17) is 0 Å². The molecule has 0 heterocycles. The molecule has 0 bridgehead atoms. The number of likely N-dealkylation sites (N-methyl/N-ethyl adjacent to an activating group) is 1. The summed E-state index contributed by atoms with van der Waals surface area (Å²) < 4.78 is 0. The highest BCUT2D eigenvalue weighted by Gasteiger charge is 2.26. The van der Waals surface area contributed by atoms with Gasteiger partial charge >= 0.3 is 0 Å². The maximum Gasteiger partial charge on any atom is 0.243 e. The fraction of sp³-hybridized carbons (Fsp3) is 0.391. The maximum atomic E-state index is 12.5. The first-order valence-electron chi connectivity index (χ1n) is 9.55. The Balaban J connectivity index is 1.90. The molecule has 0 fully saturated rings. The highest BCUT2D eigenvalue weighted by atomic mass is 16.2. The van der Waals surface area contributed by atoms with Gasteiger partial charge in [-0.3, -0.25) is 9.59 Å². The molecule has 0 aliphatic heterocycles. The predicted octanol–water partition coefficient (Wildman–Crippen LogP) is 3.77. The summed E-state index contributed by atoms with van der Waals surface area (Å²) in [5.74, 6) is -0.334. The molecule has 5 heteroatoms. The number of anilines is 1. The van der Waals surface area contributed by atoms with Crippen LogP contribution in [0, 0.1) is 12.3 Å². The standard InChI is InChI=1S/C23H31N3O2/c1-17-11-13-19(14-12-17)25-20(27)16-26(5)21(28)15-24-22(23(2,3)4)18-9-7-6-8-10-18/h6-14,22,24H,15-16H2,1-5H3,(H,25,27). The van der Waals surface area contributed by atoms with Crippen LogP contribution in [-0.2, 0) is 9.59 Å². The normalized spacial score (nSPS) is 12.3. The van der Waals surface area contributed by atoms with E-state index in [1.54, 1.807) is 7.05 Å². The summed E-state index contributed by atoms with van der Waals surface area (Å²) in [7, 11) is 1.65. The molecule has 0 aromatic heterocycles. The van der Waals surface area contributed by atoms with Crippen molar-refractivity contribution in [2.75, 3.05) is 25.5 Å². The molecule has 0 saturated carbocycles. The van der Waals surface area contributed by atoms with E-state index in [0.717, 1.165) is 16.8 Å². The van der Waals surface area contributed by atoms with E-state index in [0.29, 0.717) is 0 Å². The molecule has 0 spiro atoms. The molecule has 5 nitrogen and oxygen atoms in total. The molecule has 2 rings (SSSR count).